The fraction of sp³-hybridized carbons (Fsp3) is 0.0833. The van der Waals surface area contributed by atoms with Crippen molar-refractivity contribution in [2.24, 2.45) is 0 Å². The van der Waals surface area contributed by atoms with E-state index in [1.807, 2.05) is 0 Å². The first kappa shape index (κ1) is 10.7. The van der Waals surface area contributed by atoms with Crippen LogP contribution in [-0.4, -0.2) is 12.1 Å². The molecule has 0 fully saturated rings. The minimum Gasteiger partial charge on any atom is -0.293 e. The van der Waals surface area contributed by atoms with Gasteiger partial charge in [-0.05, 0) is 18.1 Å². The molecule has 0 heterocycles. The summed E-state index contributed by atoms with van der Waals surface area (Å²) >= 11 is 0. The summed E-state index contributed by atoms with van der Waals surface area (Å²) in [6.07, 6.45) is 0.342. The van der Waals surface area contributed by atoms with Gasteiger partial charge in [0.1, 0.15) is 0 Å². The Balaban J connectivity index is 2.98. The molecule has 1 aromatic carbocycles. The zero-order valence-electron chi connectivity index (χ0n) is 7.86. The lowest BCUT2D eigenvalue weighted by Crippen LogP contribution is -1.97. The Bertz CT molecular complexity index is 486. The molecule has 0 aromatic heterocycles. The highest BCUT2D eigenvalue weighted by Gasteiger charge is 2.04. The average molecular weight is 197 g/mol. The number of nitrogens with zero attached hydrogens (tertiary/aromatic N) is 1. The molecular weight excluding hydrogens is 190 g/mol. The molecule has 0 saturated heterocycles. The summed E-state index contributed by atoms with van der Waals surface area (Å²) in [6.45, 7) is 0. The van der Waals surface area contributed by atoms with E-state index in [4.69, 9.17) is 5.26 Å². The molecule has 0 atom stereocenters. The van der Waals surface area contributed by atoms with Crippen LogP contribution < -0.4 is 0 Å². The third-order valence-corrected chi connectivity index (χ3v) is 1.70. The summed E-state index contributed by atoms with van der Waals surface area (Å²) in [5, 5.41) is 8.36. The average Bonchev–Trinajstić information content (AvgIpc) is 2.27. The Morgan fingerprint density at radius 3 is 2.93 bits per heavy atom. The number of Topliss-reactive ketones (excluding diaryl/α,β-unsaturated/α-hetero) is 1. The molecule has 0 N–H and O–H groups in total. The first-order chi connectivity index (χ1) is 7.27. The predicted octanol–water partition coefficient (Wildman–Crippen LogP) is 1.33. The Morgan fingerprint density at radius 2 is 2.27 bits per heavy atom. The number of benzene rings is 1. The highest BCUT2D eigenvalue weighted by atomic mass is 16.1. The SMILES string of the molecule is N#CCC(=O)c1cccc(C#CC=O)c1. The molecule has 1 rings (SSSR count). The number of ketones is 1. The molecule has 0 spiro atoms. The molecule has 0 radical (unpaired) electrons. The van der Waals surface area contributed by atoms with E-state index in [9.17, 15) is 9.59 Å². The van der Waals surface area contributed by atoms with Gasteiger partial charge in [0.05, 0.1) is 12.5 Å². The van der Waals surface area contributed by atoms with E-state index in [2.05, 4.69) is 11.8 Å². The van der Waals surface area contributed by atoms with Crippen molar-refractivity contribution in [3.05, 3.63) is 35.4 Å². The summed E-state index contributed by atoms with van der Waals surface area (Å²) < 4.78 is 0. The predicted molar refractivity (Wildman–Crippen MR) is 53.9 cm³/mol. The van der Waals surface area contributed by atoms with Gasteiger partial charge >= 0.3 is 0 Å². The van der Waals surface area contributed by atoms with Gasteiger partial charge in [-0.3, -0.25) is 9.59 Å². The first-order valence-electron chi connectivity index (χ1n) is 4.23. The van der Waals surface area contributed by atoms with Crippen molar-refractivity contribution in [1.29, 1.82) is 5.26 Å². The van der Waals surface area contributed by atoms with Gasteiger partial charge in [0.25, 0.3) is 0 Å². The van der Waals surface area contributed by atoms with Crippen LogP contribution >= 0.6 is 0 Å². The Kier molecular flexibility index (Phi) is 3.82. The highest BCUT2D eigenvalue weighted by molar-refractivity contribution is 5.97. The number of hydrogen-bond acceptors (Lipinski definition) is 3. The van der Waals surface area contributed by atoms with Crippen LogP contribution in [0.3, 0.4) is 0 Å². The van der Waals surface area contributed by atoms with E-state index >= 15 is 0 Å². The maximum atomic E-state index is 11.3. The van der Waals surface area contributed by atoms with E-state index < -0.39 is 0 Å². The van der Waals surface area contributed by atoms with E-state index in [1.54, 1.807) is 30.3 Å². The van der Waals surface area contributed by atoms with Crippen molar-refractivity contribution in [1.82, 2.24) is 0 Å². The molecule has 0 aliphatic rings. The molecule has 0 amide bonds. The van der Waals surface area contributed by atoms with Crippen LogP contribution in [0.25, 0.3) is 0 Å². The topological polar surface area (TPSA) is 57.9 Å². The van der Waals surface area contributed by atoms with E-state index in [1.165, 1.54) is 0 Å². The van der Waals surface area contributed by atoms with E-state index in [-0.39, 0.29) is 12.2 Å². The van der Waals surface area contributed by atoms with Crippen molar-refractivity contribution < 1.29 is 9.59 Å². The molecular formula is C12H7NO2. The van der Waals surface area contributed by atoms with Gasteiger partial charge in [-0.1, -0.05) is 18.1 Å². The van der Waals surface area contributed by atoms with Crippen molar-refractivity contribution in [2.75, 3.05) is 0 Å². The second kappa shape index (κ2) is 5.36. The quantitative estimate of drug-likeness (QED) is 0.408. The van der Waals surface area contributed by atoms with Gasteiger partial charge < -0.3 is 0 Å². The molecule has 0 aliphatic carbocycles. The summed E-state index contributed by atoms with van der Waals surface area (Å²) in [6, 6.07) is 8.33. The maximum absolute atomic E-state index is 11.3. The van der Waals surface area contributed by atoms with E-state index in [0.717, 1.165) is 0 Å². The highest BCUT2D eigenvalue weighted by Crippen LogP contribution is 2.06. The number of rotatable bonds is 2. The van der Waals surface area contributed by atoms with Gasteiger partial charge in [0, 0.05) is 11.1 Å². The molecule has 0 bridgehead atoms. The van der Waals surface area contributed by atoms with Crippen LogP contribution in [0.5, 0.6) is 0 Å². The number of nitriles is 1. The second-order valence-electron chi connectivity index (χ2n) is 2.73. The van der Waals surface area contributed by atoms with Crippen LogP contribution in [0.1, 0.15) is 22.3 Å². The molecule has 15 heavy (non-hydrogen) atoms. The summed E-state index contributed by atoms with van der Waals surface area (Å²) in [7, 11) is 0. The zero-order valence-corrected chi connectivity index (χ0v) is 7.86. The van der Waals surface area contributed by atoms with Crippen molar-refractivity contribution >= 4 is 12.1 Å². The third-order valence-electron chi connectivity index (χ3n) is 1.70. The molecule has 3 nitrogen and oxygen atoms in total. The number of carbonyl (C=O) groups excluding carboxylic acids is 2. The van der Waals surface area contributed by atoms with Crippen LogP contribution in [0.4, 0.5) is 0 Å². The van der Waals surface area contributed by atoms with E-state index in [0.29, 0.717) is 17.4 Å². The smallest absolute Gasteiger partial charge is 0.193 e. The number of aldehydes is 1. The first-order valence-corrected chi connectivity index (χ1v) is 4.23. The second-order valence-corrected chi connectivity index (χ2v) is 2.73. The summed E-state index contributed by atoms with van der Waals surface area (Å²) in [5.74, 6) is 4.59. The Hall–Kier alpha value is -2.39. The minimum atomic E-state index is -0.243. The molecule has 1 aromatic rings. The van der Waals surface area contributed by atoms with Crippen LogP contribution in [0.15, 0.2) is 24.3 Å². The van der Waals surface area contributed by atoms with Gasteiger partial charge in [0.2, 0.25) is 0 Å². The Morgan fingerprint density at radius 1 is 1.47 bits per heavy atom. The maximum Gasteiger partial charge on any atom is 0.193 e. The largest absolute Gasteiger partial charge is 0.293 e. The zero-order chi connectivity index (χ0) is 11.1. The number of hydrogen-bond donors (Lipinski definition) is 0. The van der Waals surface area contributed by atoms with Gasteiger partial charge in [-0.2, -0.15) is 5.26 Å². The fourth-order valence-electron chi connectivity index (χ4n) is 1.06. The molecule has 3 heteroatoms. The van der Waals surface area contributed by atoms with Gasteiger partial charge in [-0.15, -0.1) is 0 Å². The molecule has 0 aliphatic heterocycles. The van der Waals surface area contributed by atoms with Crippen molar-refractivity contribution in [3.63, 3.8) is 0 Å². The lowest BCUT2D eigenvalue weighted by atomic mass is 10.1. The minimum absolute atomic E-state index is 0.148. The van der Waals surface area contributed by atoms with Crippen molar-refractivity contribution in [2.45, 2.75) is 6.42 Å². The standard InChI is InChI=1S/C12H7NO2/c13-7-6-12(15)11-5-1-3-10(9-11)4-2-8-14/h1,3,5,8-9H,6H2. The van der Waals surface area contributed by atoms with Crippen LogP contribution in [-0.2, 0) is 4.79 Å². The van der Waals surface area contributed by atoms with Crippen LogP contribution in [0.2, 0.25) is 0 Å². The summed E-state index contributed by atoms with van der Waals surface area (Å²) in [5.41, 5.74) is 1.03. The lowest BCUT2D eigenvalue weighted by Gasteiger charge is -1.96. The summed E-state index contributed by atoms with van der Waals surface area (Å²) in [4.78, 5) is 21.3. The van der Waals surface area contributed by atoms with Gasteiger partial charge in [0.15, 0.2) is 12.1 Å². The van der Waals surface area contributed by atoms with Crippen LogP contribution in [0, 0.1) is 23.2 Å². The number of carbonyl (C=O) groups is 2. The Labute approximate surface area is 87.3 Å². The molecule has 0 saturated carbocycles. The monoisotopic (exact) mass is 197 g/mol. The molecule has 0 unspecified atom stereocenters. The normalized spacial score (nSPS) is 8.20. The third kappa shape index (κ3) is 3.10. The molecule has 72 valence electrons. The van der Waals surface area contributed by atoms with Crippen molar-refractivity contribution in [3.8, 4) is 17.9 Å². The lowest BCUT2D eigenvalue weighted by molar-refractivity contribution is -0.103. The fourth-order valence-corrected chi connectivity index (χ4v) is 1.06. The van der Waals surface area contributed by atoms with Gasteiger partial charge in [-0.25, -0.2) is 0 Å².